The first kappa shape index (κ1) is 20.9. The summed E-state index contributed by atoms with van der Waals surface area (Å²) in [6.45, 7) is 8.43. The average molecular weight is 447 g/mol. The van der Waals surface area contributed by atoms with Crippen LogP contribution in [0.1, 0.15) is 30.4 Å². The van der Waals surface area contributed by atoms with Crippen molar-refractivity contribution in [3.63, 3.8) is 0 Å². The van der Waals surface area contributed by atoms with E-state index in [9.17, 15) is 0 Å². The lowest BCUT2D eigenvalue weighted by Crippen LogP contribution is -2.56. The van der Waals surface area contributed by atoms with Gasteiger partial charge in [0, 0.05) is 35.7 Å². The van der Waals surface area contributed by atoms with Gasteiger partial charge in [-0.1, -0.05) is 36.4 Å². The summed E-state index contributed by atoms with van der Waals surface area (Å²) < 4.78 is 0. The van der Waals surface area contributed by atoms with Crippen molar-refractivity contribution in [3.8, 4) is 0 Å². The first-order valence-corrected chi connectivity index (χ1v) is 12.2. The Labute approximate surface area is 193 Å². The number of rotatable bonds is 6. The molecular weight excluding hydrogens is 416 g/mol. The Morgan fingerprint density at radius 2 is 2.06 bits per heavy atom. The predicted octanol–water partition coefficient (Wildman–Crippen LogP) is 4.40. The summed E-state index contributed by atoms with van der Waals surface area (Å²) in [5, 5.41) is 8.07. The molecule has 3 aromatic rings. The van der Waals surface area contributed by atoms with Crippen LogP contribution >= 0.6 is 11.8 Å². The molecule has 0 radical (unpaired) electrons. The number of aromatic nitrogens is 2. The molecule has 7 heteroatoms. The highest BCUT2D eigenvalue weighted by Gasteiger charge is 2.37. The third-order valence-electron chi connectivity index (χ3n) is 6.41. The van der Waals surface area contributed by atoms with E-state index in [4.69, 9.17) is 15.7 Å². The van der Waals surface area contributed by atoms with Gasteiger partial charge in [-0.2, -0.15) is 4.98 Å². The number of hydrogen-bond acceptors (Lipinski definition) is 7. The van der Waals surface area contributed by atoms with Crippen LogP contribution < -0.4 is 21.3 Å². The van der Waals surface area contributed by atoms with Gasteiger partial charge in [-0.25, -0.2) is 4.98 Å². The molecule has 1 aliphatic heterocycles. The quantitative estimate of drug-likeness (QED) is 0.518. The molecule has 2 aromatic carbocycles. The number of aryl methyl sites for hydroxylation is 1. The van der Waals surface area contributed by atoms with Crippen LogP contribution in [0.4, 0.5) is 11.8 Å². The van der Waals surface area contributed by atoms with Gasteiger partial charge in [0.1, 0.15) is 5.82 Å². The second-order valence-corrected chi connectivity index (χ2v) is 10.0. The number of nitrogens with zero attached hydrogens (tertiary/aromatic N) is 3. The van der Waals surface area contributed by atoms with Gasteiger partial charge in [0.2, 0.25) is 5.95 Å². The summed E-state index contributed by atoms with van der Waals surface area (Å²) in [5.74, 6) is 3.20. The Kier molecular flexibility index (Phi) is 5.59. The highest BCUT2D eigenvalue weighted by atomic mass is 32.2. The minimum Gasteiger partial charge on any atom is -0.386 e. The van der Waals surface area contributed by atoms with E-state index in [1.165, 1.54) is 22.4 Å². The number of benzene rings is 2. The first-order chi connectivity index (χ1) is 15.5. The van der Waals surface area contributed by atoms with E-state index in [0.717, 1.165) is 60.9 Å². The van der Waals surface area contributed by atoms with E-state index in [0.29, 0.717) is 5.82 Å². The minimum atomic E-state index is -0.0503. The predicted molar refractivity (Wildman–Crippen MR) is 134 cm³/mol. The summed E-state index contributed by atoms with van der Waals surface area (Å²) in [6, 6.07) is 15.0. The Morgan fingerprint density at radius 1 is 1.22 bits per heavy atom. The average Bonchev–Trinajstić information content (AvgIpc) is 2.97. The van der Waals surface area contributed by atoms with Crippen molar-refractivity contribution in [2.24, 2.45) is 5.73 Å². The molecule has 2 aliphatic rings. The van der Waals surface area contributed by atoms with E-state index in [2.05, 4.69) is 71.5 Å². The van der Waals surface area contributed by atoms with Gasteiger partial charge < -0.3 is 21.3 Å². The molecule has 0 amide bonds. The van der Waals surface area contributed by atoms with E-state index in [-0.39, 0.29) is 5.54 Å². The van der Waals surface area contributed by atoms with Gasteiger partial charge in [0.25, 0.3) is 0 Å². The largest absolute Gasteiger partial charge is 0.386 e. The Morgan fingerprint density at radius 3 is 2.84 bits per heavy atom. The first-order valence-electron chi connectivity index (χ1n) is 11.2. The summed E-state index contributed by atoms with van der Waals surface area (Å²) in [4.78, 5) is 13.6. The van der Waals surface area contributed by atoms with Crippen LogP contribution in [0.25, 0.3) is 10.9 Å². The zero-order valence-electron chi connectivity index (χ0n) is 18.5. The summed E-state index contributed by atoms with van der Waals surface area (Å²) >= 11 is 1.91. The molecule has 5 rings (SSSR count). The molecule has 1 aliphatic carbocycles. The SMILES string of the molecule is C=C(N)NC1(CNc2nc(N3CCSc4ccccc4C3)nc3ccc(C)cc23)CCC1. The maximum atomic E-state index is 5.88. The number of hydrogen-bond donors (Lipinski definition) is 3. The van der Waals surface area contributed by atoms with E-state index in [1.807, 2.05) is 11.8 Å². The fourth-order valence-corrected chi connectivity index (χ4v) is 5.57. The molecule has 1 saturated carbocycles. The molecule has 0 bridgehead atoms. The smallest absolute Gasteiger partial charge is 0.228 e. The third kappa shape index (κ3) is 4.21. The van der Waals surface area contributed by atoms with Crippen LogP contribution in [0.5, 0.6) is 0 Å². The van der Waals surface area contributed by atoms with Crippen molar-refractivity contribution in [1.82, 2.24) is 15.3 Å². The number of nitrogens with one attached hydrogen (secondary N) is 2. The Bertz CT molecular complexity index is 1160. The molecule has 2 heterocycles. The summed E-state index contributed by atoms with van der Waals surface area (Å²) in [7, 11) is 0. The molecule has 1 fully saturated rings. The van der Waals surface area contributed by atoms with E-state index >= 15 is 0 Å². The van der Waals surface area contributed by atoms with E-state index < -0.39 is 0 Å². The molecule has 0 atom stereocenters. The van der Waals surface area contributed by atoms with Crippen LogP contribution in [0, 0.1) is 6.92 Å². The topological polar surface area (TPSA) is 79.1 Å². The van der Waals surface area contributed by atoms with Crippen molar-refractivity contribution < 1.29 is 0 Å². The molecule has 32 heavy (non-hydrogen) atoms. The van der Waals surface area contributed by atoms with Crippen LogP contribution in [0.15, 0.2) is 59.8 Å². The number of fused-ring (bicyclic) bond motifs is 2. The standard InChI is InChI=1S/C25H30N6S/c1-17-8-9-21-20(14-17)23(27-16-25(10-5-11-25)30-18(2)26)29-24(28-21)31-12-13-32-22-7-4-3-6-19(22)15-31/h3-4,6-9,14,30H,2,5,10-13,15-16,26H2,1H3,(H,27,28,29). The van der Waals surface area contributed by atoms with Crippen molar-refractivity contribution in [3.05, 3.63) is 66.0 Å². The second kappa shape index (κ2) is 8.54. The molecule has 0 unspecified atom stereocenters. The molecule has 0 spiro atoms. The lowest BCUT2D eigenvalue weighted by atomic mass is 9.76. The van der Waals surface area contributed by atoms with E-state index in [1.54, 1.807) is 0 Å². The van der Waals surface area contributed by atoms with Gasteiger partial charge in [-0.15, -0.1) is 11.8 Å². The lowest BCUT2D eigenvalue weighted by molar-refractivity contribution is 0.217. The molecule has 6 nitrogen and oxygen atoms in total. The Hall–Kier alpha value is -2.93. The fourth-order valence-electron chi connectivity index (χ4n) is 4.55. The van der Waals surface area contributed by atoms with Crippen molar-refractivity contribution in [1.29, 1.82) is 0 Å². The van der Waals surface area contributed by atoms with Crippen LogP contribution in [0.2, 0.25) is 0 Å². The number of thioether (sulfide) groups is 1. The van der Waals surface area contributed by atoms with Gasteiger partial charge in [-0.05, 0) is 49.9 Å². The maximum absolute atomic E-state index is 5.88. The molecule has 1 aromatic heterocycles. The highest BCUT2D eigenvalue weighted by Crippen LogP contribution is 2.34. The zero-order valence-corrected chi connectivity index (χ0v) is 19.3. The fraction of sp³-hybridized carbons (Fsp3) is 0.360. The lowest BCUT2D eigenvalue weighted by Gasteiger charge is -2.43. The highest BCUT2D eigenvalue weighted by molar-refractivity contribution is 7.99. The van der Waals surface area contributed by atoms with Crippen LogP contribution in [-0.2, 0) is 6.54 Å². The van der Waals surface area contributed by atoms with Gasteiger partial charge in [-0.3, -0.25) is 0 Å². The Balaban J connectivity index is 1.48. The van der Waals surface area contributed by atoms with Crippen LogP contribution in [0.3, 0.4) is 0 Å². The molecule has 4 N–H and O–H groups in total. The summed E-state index contributed by atoms with van der Waals surface area (Å²) in [5.41, 5.74) is 9.32. The molecular formula is C25H30N6S. The maximum Gasteiger partial charge on any atom is 0.228 e. The molecule has 0 saturated heterocycles. The van der Waals surface area contributed by atoms with Gasteiger partial charge in [0.15, 0.2) is 0 Å². The monoisotopic (exact) mass is 446 g/mol. The second-order valence-electron chi connectivity index (χ2n) is 8.91. The van der Waals surface area contributed by atoms with Crippen molar-refractivity contribution in [2.45, 2.75) is 43.2 Å². The normalized spacial score (nSPS) is 17.2. The third-order valence-corrected chi connectivity index (χ3v) is 7.50. The summed E-state index contributed by atoms with van der Waals surface area (Å²) in [6.07, 6.45) is 3.35. The zero-order chi connectivity index (χ0) is 22.1. The van der Waals surface area contributed by atoms with Crippen molar-refractivity contribution >= 4 is 34.4 Å². The van der Waals surface area contributed by atoms with Gasteiger partial charge >= 0.3 is 0 Å². The number of anilines is 2. The van der Waals surface area contributed by atoms with Gasteiger partial charge in [0.05, 0.1) is 16.9 Å². The minimum absolute atomic E-state index is 0.0503. The number of nitrogens with two attached hydrogens (primary N) is 1. The van der Waals surface area contributed by atoms with Crippen molar-refractivity contribution in [2.75, 3.05) is 29.1 Å². The van der Waals surface area contributed by atoms with Crippen LogP contribution in [-0.4, -0.2) is 34.3 Å². The molecule has 166 valence electrons.